The molecule has 1 atom stereocenters. The minimum atomic E-state index is 0.251. The molecule has 0 aromatic carbocycles. The summed E-state index contributed by atoms with van der Waals surface area (Å²) in [5, 5.41) is 12.1. The highest BCUT2D eigenvalue weighted by molar-refractivity contribution is 5.64. The van der Waals surface area contributed by atoms with Gasteiger partial charge in [-0.15, -0.1) is 0 Å². The molecule has 2 N–H and O–H groups in total. The first-order valence-corrected chi connectivity index (χ1v) is 6.72. The second-order valence-electron chi connectivity index (χ2n) is 4.80. The molecule has 1 aromatic heterocycles. The zero-order valence-electron chi connectivity index (χ0n) is 11.6. The van der Waals surface area contributed by atoms with Gasteiger partial charge in [0.1, 0.15) is 6.33 Å². The number of rotatable bonds is 5. The van der Waals surface area contributed by atoms with E-state index in [1.807, 2.05) is 7.05 Å². The molecule has 1 aliphatic heterocycles. The van der Waals surface area contributed by atoms with E-state index in [1.165, 1.54) is 6.42 Å². The number of nitrogens with zero attached hydrogens (tertiary/aromatic N) is 3. The minimum Gasteiger partial charge on any atom is -0.490 e. The Morgan fingerprint density at radius 2 is 2.37 bits per heavy atom. The third-order valence-corrected chi connectivity index (χ3v) is 3.58. The predicted molar refractivity (Wildman–Crippen MR) is 74.8 cm³/mol. The summed E-state index contributed by atoms with van der Waals surface area (Å²) in [7, 11) is 3.46. The van der Waals surface area contributed by atoms with E-state index >= 15 is 0 Å². The number of hydrogen-bond acceptors (Lipinski definition) is 6. The Bertz CT molecular complexity index is 412. The van der Waals surface area contributed by atoms with Crippen molar-refractivity contribution in [1.29, 1.82) is 0 Å². The molecule has 1 saturated heterocycles. The molecule has 6 nitrogen and oxygen atoms in total. The lowest BCUT2D eigenvalue weighted by atomic mass is 9.95. The summed E-state index contributed by atoms with van der Waals surface area (Å²) in [6, 6.07) is 0. The first kappa shape index (κ1) is 13.9. The normalized spacial score (nSPS) is 19.3. The van der Waals surface area contributed by atoms with Crippen LogP contribution < -0.4 is 15.0 Å². The number of piperidine rings is 1. The quantitative estimate of drug-likeness (QED) is 0.832. The summed E-state index contributed by atoms with van der Waals surface area (Å²) in [6.45, 7) is 2.14. The van der Waals surface area contributed by atoms with Crippen LogP contribution in [0.3, 0.4) is 0 Å². The van der Waals surface area contributed by atoms with Crippen molar-refractivity contribution in [3.05, 3.63) is 6.33 Å². The van der Waals surface area contributed by atoms with Gasteiger partial charge >= 0.3 is 0 Å². The minimum absolute atomic E-state index is 0.251. The molecule has 2 heterocycles. The maximum Gasteiger partial charge on any atom is 0.204 e. The summed E-state index contributed by atoms with van der Waals surface area (Å²) in [5.74, 6) is 2.76. The number of aliphatic hydroxyl groups excluding tert-OH is 1. The van der Waals surface area contributed by atoms with Crippen LogP contribution in [0.25, 0.3) is 0 Å². The van der Waals surface area contributed by atoms with E-state index in [0.29, 0.717) is 17.5 Å². The maximum absolute atomic E-state index is 9.08. The Labute approximate surface area is 113 Å². The van der Waals surface area contributed by atoms with Crippen LogP contribution in [-0.4, -0.2) is 48.9 Å². The van der Waals surface area contributed by atoms with Gasteiger partial charge in [0.2, 0.25) is 5.75 Å². The van der Waals surface area contributed by atoms with Gasteiger partial charge in [0, 0.05) is 26.7 Å². The number of ether oxygens (including phenoxy) is 1. The third-order valence-electron chi connectivity index (χ3n) is 3.58. The van der Waals surface area contributed by atoms with Gasteiger partial charge in [-0.1, -0.05) is 0 Å². The highest BCUT2D eigenvalue weighted by Crippen LogP contribution is 2.34. The molecule has 19 heavy (non-hydrogen) atoms. The molecule has 106 valence electrons. The molecule has 0 amide bonds. The third kappa shape index (κ3) is 3.07. The summed E-state index contributed by atoms with van der Waals surface area (Å²) >= 11 is 0. The van der Waals surface area contributed by atoms with Crippen LogP contribution in [0.4, 0.5) is 11.6 Å². The van der Waals surface area contributed by atoms with Crippen LogP contribution in [0.15, 0.2) is 6.33 Å². The van der Waals surface area contributed by atoms with Gasteiger partial charge in [-0.3, -0.25) is 0 Å². The van der Waals surface area contributed by atoms with Gasteiger partial charge in [-0.2, -0.15) is 0 Å². The number of aromatic nitrogens is 2. The average molecular weight is 266 g/mol. The van der Waals surface area contributed by atoms with Crippen LogP contribution in [0.2, 0.25) is 0 Å². The first-order chi connectivity index (χ1) is 9.30. The van der Waals surface area contributed by atoms with Gasteiger partial charge in [0.05, 0.1) is 7.11 Å². The van der Waals surface area contributed by atoms with E-state index in [9.17, 15) is 0 Å². The standard InChI is InChI=1S/C13H22N4O2/c1-14-12-11(19-2)13(16-9-15-12)17-6-3-4-10(8-17)5-7-18/h9-10,18H,3-8H2,1-2H3,(H,14,15,16). The van der Waals surface area contributed by atoms with Crippen LogP contribution in [0.1, 0.15) is 19.3 Å². The van der Waals surface area contributed by atoms with Gasteiger partial charge < -0.3 is 20.1 Å². The zero-order chi connectivity index (χ0) is 13.7. The molecule has 0 radical (unpaired) electrons. The molecular weight excluding hydrogens is 244 g/mol. The van der Waals surface area contributed by atoms with Crippen molar-refractivity contribution in [1.82, 2.24) is 9.97 Å². The van der Waals surface area contributed by atoms with Gasteiger partial charge in [0.25, 0.3) is 0 Å². The molecule has 1 aromatic rings. The Balaban J connectivity index is 2.20. The number of methoxy groups -OCH3 is 1. The molecule has 1 aliphatic rings. The van der Waals surface area contributed by atoms with Gasteiger partial charge in [-0.25, -0.2) is 9.97 Å². The van der Waals surface area contributed by atoms with Crippen molar-refractivity contribution in [2.45, 2.75) is 19.3 Å². The Hall–Kier alpha value is -1.56. The molecule has 0 spiro atoms. The lowest BCUT2D eigenvalue weighted by Gasteiger charge is -2.34. The highest BCUT2D eigenvalue weighted by Gasteiger charge is 2.24. The van der Waals surface area contributed by atoms with E-state index in [4.69, 9.17) is 9.84 Å². The molecule has 1 unspecified atom stereocenters. The molecule has 0 bridgehead atoms. The van der Waals surface area contributed by atoms with Gasteiger partial charge in [-0.05, 0) is 25.2 Å². The number of anilines is 2. The Morgan fingerprint density at radius 1 is 1.53 bits per heavy atom. The highest BCUT2D eigenvalue weighted by atomic mass is 16.5. The fraction of sp³-hybridized carbons (Fsp3) is 0.692. The smallest absolute Gasteiger partial charge is 0.204 e. The summed E-state index contributed by atoms with van der Waals surface area (Å²) in [6.07, 6.45) is 4.69. The van der Waals surface area contributed by atoms with Crippen molar-refractivity contribution in [2.24, 2.45) is 5.92 Å². The summed E-state index contributed by atoms with van der Waals surface area (Å²) in [5.41, 5.74) is 0. The summed E-state index contributed by atoms with van der Waals surface area (Å²) in [4.78, 5) is 10.8. The van der Waals surface area contributed by atoms with Crippen LogP contribution in [0.5, 0.6) is 5.75 Å². The van der Waals surface area contributed by atoms with E-state index in [1.54, 1.807) is 13.4 Å². The van der Waals surface area contributed by atoms with Crippen molar-refractivity contribution >= 4 is 11.6 Å². The average Bonchev–Trinajstić information content (AvgIpc) is 2.47. The lowest BCUT2D eigenvalue weighted by molar-refractivity contribution is 0.244. The largest absolute Gasteiger partial charge is 0.490 e. The molecular formula is C13H22N4O2. The lowest BCUT2D eigenvalue weighted by Crippen LogP contribution is -2.36. The molecule has 1 fully saturated rings. The van der Waals surface area contributed by atoms with Crippen molar-refractivity contribution in [3.8, 4) is 5.75 Å². The maximum atomic E-state index is 9.08. The van der Waals surface area contributed by atoms with Crippen molar-refractivity contribution in [2.75, 3.05) is 44.1 Å². The van der Waals surface area contributed by atoms with Crippen LogP contribution in [-0.2, 0) is 0 Å². The van der Waals surface area contributed by atoms with Gasteiger partial charge in [0.15, 0.2) is 11.6 Å². The fourth-order valence-electron chi connectivity index (χ4n) is 2.63. The van der Waals surface area contributed by atoms with E-state index in [-0.39, 0.29) is 6.61 Å². The molecule has 0 aliphatic carbocycles. The van der Waals surface area contributed by atoms with Crippen LogP contribution in [0, 0.1) is 5.92 Å². The Morgan fingerprint density at radius 3 is 3.05 bits per heavy atom. The molecule has 6 heteroatoms. The monoisotopic (exact) mass is 266 g/mol. The number of hydrogen-bond donors (Lipinski definition) is 2. The number of nitrogens with one attached hydrogen (secondary N) is 1. The van der Waals surface area contributed by atoms with E-state index in [2.05, 4.69) is 20.2 Å². The first-order valence-electron chi connectivity index (χ1n) is 6.72. The predicted octanol–water partition coefficient (Wildman–Crippen LogP) is 1.13. The van der Waals surface area contributed by atoms with E-state index < -0.39 is 0 Å². The van der Waals surface area contributed by atoms with Crippen molar-refractivity contribution in [3.63, 3.8) is 0 Å². The Kier molecular flexibility index (Phi) is 4.79. The fourth-order valence-corrected chi connectivity index (χ4v) is 2.63. The second-order valence-corrected chi connectivity index (χ2v) is 4.80. The SMILES string of the molecule is CNc1ncnc(N2CCCC(CCO)C2)c1OC. The number of aliphatic hydroxyl groups is 1. The van der Waals surface area contributed by atoms with E-state index in [0.717, 1.165) is 31.7 Å². The molecule has 2 rings (SSSR count). The van der Waals surface area contributed by atoms with Crippen LogP contribution >= 0.6 is 0 Å². The second kappa shape index (κ2) is 6.56. The summed E-state index contributed by atoms with van der Waals surface area (Å²) < 4.78 is 5.44. The molecule has 0 saturated carbocycles. The topological polar surface area (TPSA) is 70.5 Å². The zero-order valence-corrected chi connectivity index (χ0v) is 11.6. The van der Waals surface area contributed by atoms with Crippen molar-refractivity contribution < 1.29 is 9.84 Å².